The third-order valence-corrected chi connectivity index (χ3v) is 3.55. The van der Waals surface area contributed by atoms with Crippen molar-refractivity contribution in [3.05, 3.63) is 37.8 Å². The monoisotopic (exact) mass is 264 g/mol. The number of nitrogen functional groups attached to an aromatic ring is 1. The first kappa shape index (κ1) is 12.8. The van der Waals surface area contributed by atoms with Gasteiger partial charge in [0, 0.05) is 11.1 Å². The zero-order valence-corrected chi connectivity index (χ0v) is 11.3. The van der Waals surface area contributed by atoms with E-state index in [1.807, 2.05) is 19.2 Å². The number of H-pyrrole nitrogens is 1. The summed E-state index contributed by atoms with van der Waals surface area (Å²) in [5.74, 6) is 0.913. The smallest absolute Gasteiger partial charge is 0.256 e. The van der Waals surface area contributed by atoms with Gasteiger partial charge in [-0.15, -0.1) is 11.3 Å². The predicted molar refractivity (Wildman–Crippen MR) is 72.9 cm³/mol. The molecule has 2 aromatic rings. The van der Waals surface area contributed by atoms with Gasteiger partial charge in [0.25, 0.3) is 5.56 Å². The molecule has 96 valence electrons. The Morgan fingerprint density at radius 1 is 1.44 bits per heavy atom. The molecule has 0 aliphatic carbocycles. The van der Waals surface area contributed by atoms with Crippen molar-refractivity contribution in [1.82, 2.24) is 15.0 Å². The van der Waals surface area contributed by atoms with Crippen molar-refractivity contribution in [1.29, 1.82) is 0 Å². The molecule has 0 aliphatic heterocycles. The highest BCUT2D eigenvalue weighted by atomic mass is 32.1. The summed E-state index contributed by atoms with van der Waals surface area (Å²) in [6.45, 7) is 3.94. The van der Waals surface area contributed by atoms with Crippen molar-refractivity contribution >= 4 is 17.2 Å². The molecule has 18 heavy (non-hydrogen) atoms. The minimum absolute atomic E-state index is 0.132. The molecule has 0 saturated carbocycles. The Hall–Kier alpha value is -1.69. The maximum Gasteiger partial charge on any atom is 0.256 e. The number of anilines is 1. The van der Waals surface area contributed by atoms with E-state index < -0.39 is 0 Å². The van der Waals surface area contributed by atoms with Crippen molar-refractivity contribution in [2.75, 3.05) is 5.73 Å². The number of nitrogens with zero attached hydrogens (tertiary/aromatic N) is 2. The second-order valence-corrected chi connectivity index (χ2v) is 5.13. The van der Waals surface area contributed by atoms with E-state index in [4.69, 9.17) is 5.73 Å². The molecule has 3 N–H and O–H groups in total. The molecule has 0 radical (unpaired) electrons. The molecule has 0 aliphatic rings. The summed E-state index contributed by atoms with van der Waals surface area (Å²) >= 11 is 1.56. The van der Waals surface area contributed by atoms with E-state index >= 15 is 0 Å². The van der Waals surface area contributed by atoms with Crippen LogP contribution in [0.15, 0.2) is 10.2 Å². The van der Waals surface area contributed by atoms with Crippen LogP contribution in [0.2, 0.25) is 0 Å². The van der Waals surface area contributed by atoms with E-state index in [-0.39, 0.29) is 5.56 Å². The molecular weight excluding hydrogens is 248 g/mol. The van der Waals surface area contributed by atoms with Crippen LogP contribution in [-0.4, -0.2) is 15.0 Å². The summed E-state index contributed by atoms with van der Waals surface area (Å²) in [5.41, 5.74) is 7.25. The lowest BCUT2D eigenvalue weighted by atomic mass is 10.2. The van der Waals surface area contributed by atoms with Gasteiger partial charge in [0.2, 0.25) is 0 Å². The van der Waals surface area contributed by atoms with Gasteiger partial charge in [-0.2, -0.15) is 0 Å². The molecule has 0 unspecified atom stereocenters. The normalized spacial score (nSPS) is 10.8. The Labute approximate surface area is 109 Å². The van der Waals surface area contributed by atoms with E-state index in [0.717, 1.165) is 17.1 Å². The standard InChI is InChI=1S/C12H16N4OS/c1-3-4-8-11(13)15-9(16-12(8)17)5-10-14-7(2)6-18-10/h6H,3-5H2,1-2H3,(H3,13,15,16,17). The van der Waals surface area contributed by atoms with E-state index in [1.54, 1.807) is 11.3 Å². The Balaban J connectivity index is 2.28. The van der Waals surface area contributed by atoms with Crippen LogP contribution in [0.3, 0.4) is 0 Å². The molecule has 0 aromatic carbocycles. The van der Waals surface area contributed by atoms with Gasteiger partial charge in [0.1, 0.15) is 16.6 Å². The van der Waals surface area contributed by atoms with Gasteiger partial charge < -0.3 is 10.7 Å². The molecule has 0 bridgehead atoms. The Morgan fingerprint density at radius 2 is 2.22 bits per heavy atom. The minimum Gasteiger partial charge on any atom is -0.383 e. The lowest BCUT2D eigenvalue weighted by Crippen LogP contribution is -2.19. The van der Waals surface area contributed by atoms with Crippen LogP contribution in [0, 0.1) is 6.92 Å². The van der Waals surface area contributed by atoms with E-state index in [0.29, 0.717) is 30.0 Å². The molecule has 0 fully saturated rings. The van der Waals surface area contributed by atoms with Crippen molar-refractivity contribution < 1.29 is 0 Å². The molecule has 0 amide bonds. The van der Waals surface area contributed by atoms with Gasteiger partial charge in [-0.3, -0.25) is 4.79 Å². The molecule has 6 heteroatoms. The minimum atomic E-state index is -0.132. The molecule has 2 aromatic heterocycles. The first-order valence-corrected chi connectivity index (χ1v) is 6.76. The Kier molecular flexibility index (Phi) is 3.76. The van der Waals surface area contributed by atoms with E-state index in [1.165, 1.54) is 0 Å². The van der Waals surface area contributed by atoms with Crippen LogP contribution in [0.25, 0.3) is 0 Å². The van der Waals surface area contributed by atoms with Crippen LogP contribution >= 0.6 is 11.3 Å². The molecule has 0 spiro atoms. The summed E-state index contributed by atoms with van der Waals surface area (Å²) in [4.78, 5) is 23.2. The molecular formula is C12H16N4OS. The van der Waals surface area contributed by atoms with Gasteiger partial charge >= 0.3 is 0 Å². The summed E-state index contributed by atoms with van der Waals surface area (Å²) in [6, 6.07) is 0. The van der Waals surface area contributed by atoms with Crippen LogP contribution in [0.4, 0.5) is 5.82 Å². The molecule has 0 saturated heterocycles. The quantitative estimate of drug-likeness (QED) is 0.879. The average Bonchev–Trinajstić information content (AvgIpc) is 2.69. The maximum absolute atomic E-state index is 11.9. The highest BCUT2D eigenvalue weighted by molar-refractivity contribution is 7.09. The number of aromatic amines is 1. The zero-order valence-electron chi connectivity index (χ0n) is 10.5. The second kappa shape index (κ2) is 5.30. The third-order valence-electron chi connectivity index (χ3n) is 2.58. The first-order valence-electron chi connectivity index (χ1n) is 5.88. The fourth-order valence-electron chi connectivity index (χ4n) is 1.77. The fraction of sp³-hybridized carbons (Fsp3) is 0.417. The summed E-state index contributed by atoms with van der Waals surface area (Å²) in [5, 5.41) is 2.90. The number of hydrogen-bond acceptors (Lipinski definition) is 5. The first-order chi connectivity index (χ1) is 8.60. The molecule has 5 nitrogen and oxygen atoms in total. The SMILES string of the molecule is CCCc1c(N)nc(Cc2nc(C)cs2)[nH]c1=O. The lowest BCUT2D eigenvalue weighted by Gasteiger charge is -2.04. The largest absolute Gasteiger partial charge is 0.383 e. The molecule has 2 rings (SSSR count). The van der Waals surface area contributed by atoms with E-state index in [2.05, 4.69) is 15.0 Å². The highest BCUT2D eigenvalue weighted by Crippen LogP contribution is 2.13. The average molecular weight is 264 g/mol. The Morgan fingerprint density at radius 3 is 2.78 bits per heavy atom. The van der Waals surface area contributed by atoms with Crippen molar-refractivity contribution in [2.24, 2.45) is 0 Å². The summed E-state index contributed by atoms with van der Waals surface area (Å²) < 4.78 is 0. The van der Waals surface area contributed by atoms with Crippen molar-refractivity contribution in [3.8, 4) is 0 Å². The van der Waals surface area contributed by atoms with Crippen LogP contribution in [-0.2, 0) is 12.8 Å². The number of thiazole rings is 1. The Bertz CT molecular complexity index is 602. The van der Waals surface area contributed by atoms with Gasteiger partial charge in [-0.25, -0.2) is 9.97 Å². The number of hydrogen-bond donors (Lipinski definition) is 2. The third kappa shape index (κ3) is 2.76. The van der Waals surface area contributed by atoms with Crippen LogP contribution in [0.1, 0.15) is 35.4 Å². The molecule has 0 atom stereocenters. The van der Waals surface area contributed by atoms with Gasteiger partial charge in [0.05, 0.1) is 12.0 Å². The highest BCUT2D eigenvalue weighted by Gasteiger charge is 2.09. The molecule has 2 heterocycles. The number of aromatic nitrogens is 3. The predicted octanol–water partition coefficient (Wildman–Crippen LogP) is 1.66. The van der Waals surface area contributed by atoms with Gasteiger partial charge in [-0.05, 0) is 13.3 Å². The second-order valence-electron chi connectivity index (χ2n) is 4.19. The van der Waals surface area contributed by atoms with E-state index in [9.17, 15) is 4.79 Å². The number of aryl methyl sites for hydroxylation is 1. The van der Waals surface area contributed by atoms with Crippen molar-refractivity contribution in [3.63, 3.8) is 0 Å². The number of nitrogens with one attached hydrogen (secondary N) is 1. The summed E-state index contributed by atoms with van der Waals surface area (Å²) in [6.07, 6.45) is 2.05. The van der Waals surface area contributed by atoms with Crippen LogP contribution < -0.4 is 11.3 Å². The topological polar surface area (TPSA) is 84.7 Å². The maximum atomic E-state index is 11.9. The van der Waals surface area contributed by atoms with Crippen molar-refractivity contribution in [2.45, 2.75) is 33.1 Å². The van der Waals surface area contributed by atoms with Gasteiger partial charge in [-0.1, -0.05) is 13.3 Å². The fourth-order valence-corrected chi connectivity index (χ4v) is 2.54. The van der Waals surface area contributed by atoms with Crippen LogP contribution in [0.5, 0.6) is 0 Å². The number of nitrogens with two attached hydrogens (primary N) is 1. The lowest BCUT2D eigenvalue weighted by molar-refractivity contribution is 0.860. The summed E-state index contributed by atoms with van der Waals surface area (Å²) in [7, 11) is 0. The van der Waals surface area contributed by atoms with Gasteiger partial charge in [0.15, 0.2) is 0 Å². The number of rotatable bonds is 4. The zero-order chi connectivity index (χ0) is 13.1.